The average molecular weight is 466 g/mol. The Hall–Kier alpha value is -4.25. The molecular weight excluding hydrogens is 443 g/mol. The van der Waals surface area contributed by atoms with E-state index in [0.29, 0.717) is 5.56 Å². The van der Waals surface area contributed by atoms with Gasteiger partial charge in [-0.25, -0.2) is 9.18 Å². The minimum Gasteiger partial charge on any atom is -0.383 e. The van der Waals surface area contributed by atoms with E-state index in [1.54, 1.807) is 4.90 Å². The number of benzene rings is 2. The van der Waals surface area contributed by atoms with Gasteiger partial charge in [0.25, 0.3) is 5.56 Å². The molecule has 4 rings (SSSR count). The van der Waals surface area contributed by atoms with Gasteiger partial charge in [0.2, 0.25) is 11.7 Å². The van der Waals surface area contributed by atoms with Crippen LogP contribution in [-0.2, 0) is 17.8 Å². The maximum Gasteiger partial charge on any atom is 0.330 e. The molecular formula is C23H23FN6O4. The van der Waals surface area contributed by atoms with Gasteiger partial charge >= 0.3 is 5.69 Å². The lowest BCUT2D eigenvalue weighted by Crippen LogP contribution is -2.39. The number of nitrogens with one attached hydrogen (secondary N) is 1. The zero-order chi connectivity index (χ0) is 24.1. The van der Waals surface area contributed by atoms with Crippen molar-refractivity contribution in [1.29, 1.82) is 0 Å². The number of halogens is 1. The highest BCUT2D eigenvalue weighted by Crippen LogP contribution is 2.21. The predicted molar refractivity (Wildman–Crippen MR) is 124 cm³/mol. The van der Waals surface area contributed by atoms with Crippen LogP contribution in [0.2, 0.25) is 0 Å². The van der Waals surface area contributed by atoms with E-state index in [0.717, 1.165) is 5.56 Å². The standard InChI is InChI=1S/C23H23FN6O4/c1-33-12-11-29(14-18-26-21(28-34-18)16-7-9-17(24)10-8-16)19-20(25)30(23(32)27-22(19)31)13-15-5-3-2-4-6-15/h2-10H,11-14,25H2,1H3,(H,27,31,32). The molecule has 0 aliphatic carbocycles. The summed E-state index contributed by atoms with van der Waals surface area (Å²) in [5.41, 5.74) is 6.59. The van der Waals surface area contributed by atoms with Crippen molar-refractivity contribution < 1.29 is 13.7 Å². The van der Waals surface area contributed by atoms with Crippen LogP contribution in [0.3, 0.4) is 0 Å². The highest BCUT2D eigenvalue weighted by molar-refractivity contribution is 5.62. The first-order valence-corrected chi connectivity index (χ1v) is 10.4. The number of aromatic amines is 1. The molecule has 3 N–H and O–H groups in total. The quantitative estimate of drug-likeness (QED) is 0.383. The lowest BCUT2D eigenvalue weighted by molar-refractivity contribution is 0.204. The number of nitrogens with zero attached hydrogens (tertiary/aromatic N) is 4. The molecule has 2 heterocycles. The topological polar surface area (TPSA) is 132 Å². The lowest BCUT2D eigenvalue weighted by atomic mass is 10.2. The van der Waals surface area contributed by atoms with Crippen molar-refractivity contribution >= 4 is 11.5 Å². The van der Waals surface area contributed by atoms with Gasteiger partial charge in [-0.1, -0.05) is 35.5 Å². The van der Waals surface area contributed by atoms with Crippen molar-refractivity contribution in [1.82, 2.24) is 19.7 Å². The Bertz CT molecular complexity index is 1360. The molecule has 0 atom stereocenters. The molecule has 4 aromatic rings. The molecule has 0 saturated carbocycles. The molecule has 0 spiro atoms. The third kappa shape index (κ3) is 5.04. The molecule has 11 heteroatoms. The first-order valence-electron chi connectivity index (χ1n) is 10.4. The molecule has 0 unspecified atom stereocenters. The molecule has 0 fully saturated rings. The number of H-pyrrole nitrogens is 1. The normalized spacial score (nSPS) is 11.0. The number of methoxy groups -OCH3 is 1. The SMILES string of the molecule is COCCN(Cc1nc(-c2ccc(F)cc2)no1)c1c(N)n(Cc2ccccc2)c(=O)[nH]c1=O. The predicted octanol–water partition coefficient (Wildman–Crippen LogP) is 2.01. The number of hydrogen-bond acceptors (Lipinski definition) is 8. The Balaban J connectivity index is 1.67. The lowest BCUT2D eigenvalue weighted by Gasteiger charge is -2.24. The molecule has 0 bridgehead atoms. The van der Waals surface area contributed by atoms with Crippen LogP contribution in [0, 0.1) is 5.82 Å². The van der Waals surface area contributed by atoms with Crippen LogP contribution in [0.1, 0.15) is 11.5 Å². The Morgan fingerprint density at radius 1 is 1.15 bits per heavy atom. The van der Waals surface area contributed by atoms with E-state index >= 15 is 0 Å². The van der Waals surface area contributed by atoms with Crippen molar-refractivity contribution in [3.8, 4) is 11.4 Å². The van der Waals surface area contributed by atoms with Gasteiger partial charge < -0.3 is 19.9 Å². The summed E-state index contributed by atoms with van der Waals surface area (Å²) in [6, 6.07) is 14.9. The Morgan fingerprint density at radius 2 is 1.88 bits per heavy atom. The summed E-state index contributed by atoms with van der Waals surface area (Å²) >= 11 is 0. The fourth-order valence-electron chi connectivity index (χ4n) is 3.48. The minimum atomic E-state index is -0.638. The second-order valence-corrected chi connectivity index (χ2v) is 7.50. The number of anilines is 2. The summed E-state index contributed by atoms with van der Waals surface area (Å²) in [4.78, 5) is 33.6. The summed E-state index contributed by atoms with van der Waals surface area (Å²) < 4.78 is 25.0. The van der Waals surface area contributed by atoms with E-state index in [9.17, 15) is 14.0 Å². The Labute approximate surface area is 193 Å². The summed E-state index contributed by atoms with van der Waals surface area (Å²) in [5.74, 6) is 0.109. The van der Waals surface area contributed by atoms with Crippen molar-refractivity contribution in [2.45, 2.75) is 13.1 Å². The van der Waals surface area contributed by atoms with Crippen molar-refractivity contribution in [2.75, 3.05) is 30.9 Å². The smallest absolute Gasteiger partial charge is 0.330 e. The van der Waals surface area contributed by atoms with E-state index in [4.69, 9.17) is 15.0 Å². The van der Waals surface area contributed by atoms with Crippen LogP contribution in [0.5, 0.6) is 0 Å². The molecule has 34 heavy (non-hydrogen) atoms. The van der Waals surface area contributed by atoms with E-state index < -0.39 is 11.2 Å². The molecule has 2 aromatic heterocycles. The largest absolute Gasteiger partial charge is 0.383 e. The number of aromatic nitrogens is 4. The maximum absolute atomic E-state index is 13.2. The van der Waals surface area contributed by atoms with Gasteiger partial charge in [0.1, 0.15) is 17.3 Å². The highest BCUT2D eigenvalue weighted by atomic mass is 19.1. The first-order chi connectivity index (χ1) is 16.5. The van der Waals surface area contributed by atoms with Gasteiger partial charge in [-0.05, 0) is 29.8 Å². The van der Waals surface area contributed by atoms with E-state index in [2.05, 4.69) is 15.1 Å². The molecule has 0 saturated heterocycles. The van der Waals surface area contributed by atoms with Gasteiger partial charge in [-0.3, -0.25) is 14.3 Å². The second kappa shape index (κ2) is 10.1. The molecule has 0 radical (unpaired) electrons. The zero-order valence-corrected chi connectivity index (χ0v) is 18.4. The summed E-state index contributed by atoms with van der Waals surface area (Å²) in [6.45, 7) is 0.758. The number of nitrogen functional groups attached to an aromatic ring is 1. The minimum absolute atomic E-state index is 0.00646. The van der Waals surface area contributed by atoms with Gasteiger partial charge in [0.05, 0.1) is 19.7 Å². The van der Waals surface area contributed by atoms with Gasteiger partial charge in [0.15, 0.2) is 0 Å². The number of nitrogens with two attached hydrogens (primary N) is 1. The van der Waals surface area contributed by atoms with Crippen LogP contribution in [0.15, 0.2) is 68.7 Å². The average Bonchev–Trinajstić information content (AvgIpc) is 3.29. The van der Waals surface area contributed by atoms with Crippen molar-refractivity contribution in [3.63, 3.8) is 0 Å². The number of rotatable bonds is 9. The van der Waals surface area contributed by atoms with Crippen LogP contribution in [-0.4, -0.2) is 40.0 Å². The van der Waals surface area contributed by atoms with E-state index in [1.165, 1.54) is 35.9 Å². The zero-order valence-electron chi connectivity index (χ0n) is 18.4. The molecule has 0 amide bonds. The molecule has 0 aliphatic heterocycles. The van der Waals surface area contributed by atoms with Crippen LogP contribution >= 0.6 is 0 Å². The fraction of sp³-hybridized carbons (Fsp3) is 0.217. The first kappa shape index (κ1) is 22.9. The fourth-order valence-corrected chi connectivity index (χ4v) is 3.48. The summed E-state index contributed by atoms with van der Waals surface area (Å²) in [7, 11) is 1.53. The van der Waals surface area contributed by atoms with Crippen LogP contribution in [0.25, 0.3) is 11.4 Å². The monoisotopic (exact) mass is 466 g/mol. The van der Waals surface area contributed by atoms with E-state index in [1.807, 2.05) is 30.3 Å². The van der Waals surface area contributed by atoms with Crippen LogP contribution in [0.4, 0.5) is 15.9 Å². The van der Waals surface area contributed by atoms with E-state index in [-0.39, 0.29) is 55.3 Å². The molecule has 176 valence electrons. The maximum atomic E-state index is 13.2. The van der Waals surface area contributed by atoms with Crippen molar-refractivity contribution in [2.24, 2.45) is 0 Å². The van der Waals surface area contributed by atoms with Crippen LogP contribution < -0.4 is 21.9 Å². The third-order valence-corrected chi connectivity index (χ3v) is 5.18. The van der Waals surface area contributed by atoms with Gasteiger partial charge in [-0.2, -0.15) is 4.98 Å². The second-order valence-electron chi connectivity index (χ2n) is 7.50. The molecule has 0 aliphatic rings. The number of hydrogen-bond donors (Lipinski definition) is 2. The van der Waals surface area contributed by atoms with Crippen molar-refractivity contribution in [3.05, 3.63) is 92.7 Å². The highest BCUT2D eigenvalue weighted by Gasteiger charge is 2.22. The molecule has 10 nitrogen and oxygen atoms in total. The Morgan fingerprint density at radius 3 is 2.59 bits per heavy atom. The van der Waals surface area contributed by atoms with Gasteiger partial charge in [-0.15, -0.1) is 0 Å². The Kier molecular flexibility index (Phi) is 6.83. The van der Waals surface area contributed by atoms with Gasteiger partial charge in [0, 0.05) is 19.2 Å². The number of ether oxygens (including phenoxy) is 1. The summed E-state index contributed by atoms with van der Waals surface area (Å²) in [6.07, 6.45) is 0. The molecule has 2 aromatic carbocycles. The third-order valence-electron chi connectivity index (χ3n) is 5.18. The summed E-state index contributed by atoms with van der Waals surface area (Å²) in [5, 5.41) is 3.94.